The molecule has 0 radical (unpaired) electrons. The van der Waals surface area contributed by atoms with Crippen molar-refractivity contribution in [1.82, 2.24) is 28.7 Å². The van der Waals surface area contributed by atoms with Gasteiger partial charge < -0.3 is 13.7 Å². The first-order valence-electron chi connectivity index (χ1n) is 27.1. The second kappa shape index (κ2) is 17.5. The first-order valence-corrected chi connectivity index (χ1v) is 27.9. The Morgan fingerprint density at radius 3 is 1.27 bits per heavy atom. The first kappa shape index (κ1) is 44.6. The molecule has 17 aromatic rings. The lowest BCUT2D eigenvalue weighted by atomic mass is 9.96. The number of aromatic nitrogens is 6. The van der Waals surface area contributed by atoms with Crippen LogP contribution in [0.25, 0.3) is 159 Å². The van der Waals surface area contributed by atoms with Crippen molar-refractivity contribution in [3.05, 3.63) is 267 Å². The van der Waals surface area contributed by atoms with Crippen LogP contribution in [0, 0.1) is 0 Å². The van der Waals surface area contributed by atoms with Gasteiger partial charge in [-0.3, -0.25) is 0 Å². The van der Waals surface area contributed by atoms with Crippen LogP contribution in [0.15, 0.2) is 267 Å². The zero-order valence-electron chi connectivity index (χ0n) is 43.0. The van der Waals surface area contributed by atoms with Gasteiger partial charge in [0, 0.05) is 86.2 Å². The van der Waals surface area contributed by atoms with Crippen molar-refractivity contribution in [1.29, 1.82) is 0 Å². The Morgan fingerprint density at radius 1 is 0.237 bits per heavy atom. The van der Waals surface area contributed by atoms with E-state index in [-0.39, 0.29) is 0 Å². The maximum absolute atomic E-state index is 5.58. The number of rotatable bonds is 7. The summed E-state index contributed by atoms with van der Waals surface area (Å²) in [6, 6.07) is 96.4. The van der Waals surface area contributed by atoms with Crippen molar-refractivity contribution in [3.8, 4) is 62.4 Å². The molecule has 0 fully saturated rings. The number of benzene rings is 12. The molecule has 0 bridgehead atoms. The molecule has 0 saturated carbocycles. The summed E-state index contributed by atoms with van der Waals surface area (Å²) in [5, 5.41) is 11.9. The Balaban J connectivity index is 0.932. The smallest absolute Gasteiger partial charge is 0.164 e. The van der Waals surface area contributed by atoms with Gasteiger partial charge in [-0.15, -0.1) is 11.3 Å². The summed E-state index contributed by atoms with van der Waals surface area (Å²) in [5.74, 6) is 1.78. The van der Waals surface area contributed by atoms with Crippen molar-refractivity contribution in [2.24, 2.45) is 0 Å². The van der Waals surface area contributed by atoms with Crippen molar-refractivity contribution in [3.63, 3.8) is 0 Å². The molecule has 0 amide bonds. The van der Waals surface area contributed by atoms with Crippen molar-refractivity contribution in [2.75, 3.05) is 0 Å². The Labute approximate surface area is 463 Å². The summed E-state index contributed by atoms with van der Waals surface area (Å²) in [5.41, 5.74) is 14.9. The molecule has 80 heavy (non-hydrogen) atoms. The van der Waals surface area contributed by atoms with E-state index in [9.17, 15) is 0 Å². The highest BCUT2D eigenvalue weighted by Crippen LogP contribution is 2.43. The number of hydrogen-bond donors (Lipinski definition) is 0. The summed E-state index contributed by atoms with van der Waals surface area (Å²) < 4.78 is 9.64. The van der Waals surface area contributed by atoms with Crippen molar-refractivity contribution in [2.45, 2.75) is 0 Å². The molecule has 0 N–H and O–H groups in total. The third-order valence-electron chi connectivity index (χ3n) is 16.3. The van der Waals surface area contributed by atoms with E-state index in [2.05, 4.69) is 281 Å². The van der Waals surface area contributed by atoms with Crippen LogP contribution < -0.4 is 0 Å². The minimum absolute atomic E-state index is 0.591. The van der Waals surface area contributed by atoms with Crippen LogP contribution in [-0.4, -0.2) is 28.7 Å². The minimum atomic E-state index is 0.591. The van der Waals surface area contributed by atoms with Gasteiger partial charge in [0.1, 0.15) is 0 Å². The molecular weight excluding hydrogens is 993 g/mol. The van der Waals surface area contributed by atoms with Crippen LogP contribution in [0.3, 0.4) is 0 Å². The molecule has 0 saturated heterocycles. The highest BCUT2D eigenvalue weighted by atomic mass is 32.1. The molecule has 0 aliphatic carbocycles. The lowest BCUT2D eigenvalue weighted by molar-refractivity contribution is 1.07. The number of fused-ring (bicyclic) bond motifs is 13. The van der Waals surface area contributed by atoms with E-state index in [1.165, 1.54) is 41.7 Å². The summed E-state index contributed by atoms with van der Waals surface area (Å²) >= 11 is 1.83. The SMILES string of the molecule is c1ccc(-n2c3ccccc3c3cc(-c4nc(-c5ccc6c(c5)c5ccccc5n6-c5ccccc5)nc(-c5ccc(-n6c7ccccc7c7cc8ccccc8cc76)cc5-c5ccc6sc7ccccc7c6c5)n4)ccc32)cc1. The van der Waals surface area contributed by atoms with Gasteiger partial charge in [0.2, 0.25) is 0 Å². The molecule has 0 atom stereocenters. The lowest BCUT2D eigenvalue weighted by Gasteiger charge is -2.16. The molecule has 0 unspecified atom stereocenters. The zero-order chi connectivity index (χ0) is 52.4. The summed E-state index contributed by atoms with van der Waals surface area (Å²) in [7, 11) is 0. The first-order chi connectivity index (χ1) is 39.6. The van der Waals surface area contributed by atoms with E-state index < -0.39 is 0 Å². The summed E-state index contributed by atoms with van der Waals surface area (Å²) in [4.78, 5) is 16.7. The Bertz CT molecular complexity index is 5200. The third kappa shape index (κ3) is 6.87. The van der Waals surface area contributed by atoms with Crippen LogP contribution in [-0.2, 0) is 0 Å². The zero-order valence-corrected chi connectivity index (χ0v) is 43.8. The van der Waals surface area contributed by atoms with E-state index in [0.717, 1.165) is 99.5 Å². The normalized spacial score (nSPS) is 12.0. The van der Waals surface area contributed by atoms with E-state index in [1.807, 2.05) is 11.3 Å². The molecular formula is C73H44N6S. The fourth-order valence-electron chi connectivity index (χ4n) is 12.6. The van der Waals surface area contributed by atoms with E-state index in [0.29, 0.717) is 17.5 Å². The predicted molar refractivity (Wildman–Crippen MR) is 335 cm³/mol. The topological polar surface area (TPSA) is 53.5 Å². The van der Waals surface area contributed by atoms with Crippen molar-refractivity contribution < 1.29 is 0 Å². The molecule has 7 heteroatoms. The highest BCUT2D eigenvalue weighted by molar-refractivity contribution is 7.25. The van der Waals surface area contributed by atoms with Crippen molar-refractivity contribution >= 4 is 108 Å². The van der Waals surface area contributed by atoms with E-state index in [1.54, 1.807) is 0 Å². The Kier molecular flexibility index (Phi) is 9.78. The minimum Gasteiger partial charge on any atom is -0.309 e. The molecule has 0 aliphatic heterocycles. The molecule has 5 aromatic heterocycles. The van der Waals surface area contributed by atoms with Gasteiger partial charge in [-0.05, 0) is 149 Å². The summed E-state index contributed by atoms with van der Waals surface area (Å²) in [6.45, 7) is 0. The highest BCUT2D eigenvalue weighted by Gasteiger charge is 2.23. The fraction of sp³-hybridized carbons (Fsp3) is 0. The Hall–Kier alpha value is -10.5. The largest absolute Gasteiger partial charge is 0.309 e. The van der Waals surface area contributed by atoms with Crippen LogP contribution in [0.2, 0.25) is 0 Å². The molecule has 5 heterocycles. The third-order valence-corrected chi connectivity index (χ3v) is 17.4. The average molecular weight is 1040 g/mol. The Morgan fingerprint density at radius 2 is 0.675 bits per heavy atom. The fourth-order valence-corrected chi connectivity index (χ4v) is 13.7. The summed E-state index contributed by atoms with van der Waals surface area (Å²) in [6.07, 6.45) is 0. The van der Waals surface area contributed by atoms with Gasteiger partial charge in [0.25, 0.3) is 0 Å². The van der Waals surface area contributed by atoms with Gasteiger partial charge >= 0.3 is 0 Å². The van der Waals surface area contributed by atoms with Crippen LogP contribution in [0.5, 0.6) is 0 Å². The quantitative estimate of drug-likeness (QED) is 0.160. The molecule has 12 aromatic carbocycles. The molecule has 0 spiro atoms. The molecule has 6 nitrogen and oxygen atoms in total. The molecule has 17 rings (SSSR count). The predicted octanol–water partition coefficient (Wildman–Crippen LogP) is 19.4. The van der Waals surface area contributed by atoms with Gasteiger partial charge in [-0.1, -0.05) is 140 Å². The number of nitrogens with zero attached hydrogens (tertiary/aromatic N) is 6. The molecule has 0 aliphatic rings. The average Bonchev–Trinajstić information content (AvgIpc) is 4.47. The lowest BCUT2D eigenvalue weighted by Crippen LogP contribution is -2.02. The van der Waals surface area contributed by atoms with Gasteiger partial charge in [-0.25, -0.2) is 15.0 Å². The number of hydrogen-bond acceptors (Lipinski definition) is 4. The van der Waals surface area contributed by atoms with Gasteiger partial charge in [0.05, 0.1) is 33.1 Å². The van der Waals surface area contributed by atoms with Gasteiger partial charge in [0.15, 0.2) is 17.5 Å². The number of thiophene rings is 1. The maximum Gasteiger partial charge on any atom is 0.164 e. The standard InChI is InChI=1S/C73H44N6S/c1-3-19-50(20-4-1)77-63-27-13-9-23-53(63)59-41-48(31-36-66(59)77)71-74-72(49-32-37-67-60(42-49)54-24-10-14-28-64(54)78(67)51-21-5-2-6-22-51)76-73(75-71)57-35-34-52(44-58(57)47-33-38-70-62(40-47)56-26-12-16-30-69(56)80-70)79-65-29-15-11-25-55(65)61-39-45-17-7-8-18-46(45)43-68(61)79/h1-44H. The van der Waals surface area contributed by atoms with E-state index >= 15 is 0 Å². The van der Waals surface area contributed by atoms with Crippen LogP contribution in [0.1, 0.15) is 0 Å². The number of para-hydroxylation sites is 5. The maximum atomic E-state index is 5.58. The second-order valence-electron chi connectivity index (χ2n) is 20.8. The monoisotopic (exact) mass is 1040 g/mol. The van der Waals surface area contributed by atoms with E-state index in [4.69, 9.17) is 15.0 Å². The second-order valence-corrected chi connectivity index (χ2v) is 21.8. The van der Waals surface area contributed by atoms with Crippen LogP contribution in [0.4, 0.5) is 0 Å². The van der Waals surface area contributed by atoms with Crippen LogP contribution >= 0.6 is 11.3 Å². The molecule has 372 valence electrons. The van der Waals surface area contributed by atoms with Gasteiger partial charge in [-0.2, -0.15) is 0 Å².